The monoisotopic (exact) mass is 327 g/mol. The Morgan fingerprint density at radius 1 is 1.17 bits per heavy atom. The van der Waals surface area contributed by atoms with Crippen molar-refractivity contribution >= 4 is 28.4 Å². The third kappa shape index (κ3) is 3.09. The normalized spacial score (nSPS) is 11.3. The lowest BCUT2D eigenvalue weighted by molar-refractivity contribution is 0.0997. The minimum atomic E-state index is -0.482. The van der Waals surface area contributed by atoms with Crippen LogP contribution in [0.25, 0.3) is 22.0 Å². The van der Waals surface area contributed by atoms with Crippen molar-refractivity contribution in [1.82, 2.24) is 9.88 Å². The number of benzene rings is 2. The number of fused-ring (bicyclic) bond motifs is 1. The Bertz CT molecular complexity index is 866. The summed E-state index contributed by atoms with van der Waals surface area (Å²) in [6.45, 7) is 0.864. The highest BCUT2D eigenvalue weighted by molar-refractivity contribution is 6.31. The van der Waals surface area contributed by atoms with E-state index in [4.69, 9.17) is 17.3 Å². The summed E-state index contributed by atoms with van der Waals surface area (Å²) in [5, 5.41) is 1.52. The third-order valence-electron chi connectivity index (χ3n) is 3.75. The van der Waals surface area contributed by atoms with Crippen LogP contribution in [0.4, 0.5) is 0 Å². The van der Waals surface area contributed by atoms with E-state index < -0.39 is 5.91 Å². The van der Waals surface area contributed by atoms with Gasteiger partial charge in [0.1, 0.15) is 5.69 Å². The topological polar surface area (TPSA) is 62.1 Å². The molecule has 0 saturated carbocycles. The van der Waals surface area contributed by atoms with Gasteiger partial charge in [-0.05, 0) is 43.4 Å². The van der Waals surface area contributed by atoms with Crippen molar-refractivity contribution in [3.05, 3.63) is 58.7 Å². The number of aromatic nitrogens is 1. The maximum atomic E-state index is 11.8. The fourth-order valence-electron chi connectivity index (χ4n) is 2.79. The zero-order valence-electron chi connectivity index (χ0n) is 13.1. The maximum absolute atomic E-state index is 11.8. The number of amides is 1. The lowest BCUT2D eigenvalue weighted by atomic mass is 10.00. The van der Waals surface area contributed by atoms with Gasteiger partial charge in [0.05, 0.1) is 0 Å². The van der Waals surface area contributed by atoms with Gasteiger partial charge in [0, 0.05) is 28.0 Å². The number of rotatable bonds is 4. The van der Waals surface area contributed by atoms with E-state index in [9.17, 15) is 4.79 Å². The van der Waals surface area contributed by atoms with Crippen molar-refractivity contribution in [2.45, 2.75) is 6.54 Å². The second-order valence-electron chi connectivity index (χ2n) is 5.86. The molecule has 0 saturated heterocycles. The minimum Gasteiger partial charge on any atom is -0.364 e. The quantitative estimate of drug-likeness (QED) is 0.768. The van der Waals surface area contributed by atoms with Gasteiger partial charge in [-0.3, -0.25) is 4.79 Å². The van der Waals surface area contributed by atoms with E-state index in [-0.39, 0.29) is 0 Å². The van der Waals surface area contributed by atoms with Gasteiger partial charge in [-0.15, -0.1) is 0 Å². The van der Waals surface area contributed by atoms with Gasteiger partial charge in [0.15, 0.2) is 0 Å². The molecule has 0 radical (unpaired) electrons. The number of primary amides is 1. The van der Waals surface area contributed by atoms with Crippen molar-refractivity contribution in [1.29, 1.82) is 0 Å². The van der Waals surface area contributed by atoms with Crippen molar-refractivity contribution in [2.24, 2.45) is 5.73 Å². The van der Waals surface area contributed by atoms with Crippen molar-refractivity contribution in [2.75, 3.05) is 14.1 Å². The Balaban J connectivity index is 2.15. The van der Waals surface area contributed by atoms with Gasteiger partial charge in [-0.25, -0.2) is 0 Å². The predicted octanol–water partition coefficient (Wildman–Crippen LogP) is 3.65. The number of H-pyrrole nitrogens is 1. The number of nitrogens with zero attached hydrogens (tertiary/aromatic N) is 1. The van der Waals surface area contributed by atoms with Crippen LogP contribution in [0.1, 0.15) is 16.1 Å². The first kappa shape index (κ1) is 15.6. The number of carbonyl (C=O) groups is 1. The van der Waals surface area contributed by atoms with E-state index in [0.717, 1.165) is 28.6 Å². The van der Waals surface area contributed by atoms with E-state index in [0.29, 0.717) is 10.7 Å². The average Bonchev–Trinajstić information content (AvgIpc) is 2.86. The molecule has 3 rings (SSSR count). The second-order valence-corrected chi connectivity index (χ2v) is 6.30. The number of nitrogens with one attached hydrogen (secondary N) is 1. The standard InChI is InChI=1S/C18H18ClN3O/c1-22(2)10-11-3-5-12(6-4-11)16-14-9-13(19)7-8-15(14)21-17(16)18(20)23/h3-9,21H,10H2,1-2H3,(H2,20,23). The van der Waals surface area contributed by atoms with Crippen molar-refractivity contribution < 1.29 is 4.79 Å². The van der Waals surface area contributed by atoms with Crippen molar-refractivity contribution in [3.63, 3.8) is 0 Å². The SMILES string of the molecule is CN(C)Cc1ccc(-c2c(C(N)=O)[nH]c3ccc(Cl)cc23)cc1. The molecule has 1 aromatic heterocycles. The van der Waals surface area contributed by atoms with Crippen LogP contribution in [-0.4, -0.2) is 29.9 Å². The van der Waals surface area contributed by atoms with Gasteiger partial charge >= 0.3 is 0 Å². The van der Waals surface area contributed by atoms with Crippen LogP contribution in [0.3, 0.4) is 0 Å². The summed E-state index contributed by atoms with van der Waals surface area (Å²) in [5.41, 5.74) is 9.73. The van der Waals surface area contributed by atoms with Crippen LogP contribution < -0.4 is 5.73 Å². The Labute approximate surface area is 139 Å². The number of nitrogens with two attached hydrogens (primary N) is 1. The second kappa shape index (κ2) is 6.07. The van der Waals surface area contributed by atoms with Gasteiger partial charge in [0.2, 0.25) is 0 Å². The molecular weight excluding hydrogens is 310 g/mol. The van der Waals surface area contributed by atoms with Gasteiger partial charge in [0.25, 0.3) is 5.91 Å². The van der Waals surface area contributed by atoms with E-state index in [1.807, 2.05) is 38.4 Å². The highest BCUT2D eigenvalue weighted by Gasteiger charge is 2.17. The van der Waals surface area contributed by atoms with E-state index >= 15 is 0 Å². The minimum absolute atomic E-state index is 0.405. The number of aromatic amines is 1. The smallest absolute Gasteiger partial charge is 0.265 e. The molecule has 4 nitrogen and oxygen atoms in total. The molecular formula is C18H18ClN3O. The van der Waals surface area contributed by atoms with Crippen molar-refractivity contribution in [3.8, 4) is 11.1 Å². The summed E-state index contributed by atoms with van der Waals surface area (Å²) in [7, 11) is 4.06. The van der Waals surface area contributed by atoms with Crippen LogP contribution in [0.5, 0.6) is 0 Å². The highest BCUT2D eigenvalue weighted by atomic mass is 35.5. The van der Waals surface area contributed by atoms with E-state index in [1.54, 1.807) is 6.07 Å². The van der Waals surface area contributed by atoms with E-state index in [1.165, 1.54) is 5.56 Å². The lowest BCUT2D eigenvalue weighted by Crippen LogP contribution is -2.12. The van der Waals surface area contributed by atoms with Gasteiger partial charge in [-0.2, -0.15) is 0 Å². The molecule has 0 aliphatic rings. The number of hydrogen-bond donors (Lipinski definition) is 2. The summed E-state index contributed by atoms with van der Waals surface area (Å²) >= 11 is 6.11. The Morgan fingerprint density at radius 3 is 2.48 bits per heavy atom. The van der Waals surface area contributed by atoms with E-state index in [2.05, 4.69) is 22.0 Å². The Hall–Kier alpha value is -2.30. The molecule has 3 N–H and O–H groups in total. The summed E-state index contributed by atoms with van der Waals surface area (Å²) in [5.74, 6) is -0.482. The molecule has 0 fully saturated rings. The van der Waals surface area contributed by atoms with Gasteiger partial charge in [-0.1, -0.05) is 35.9 Å². The molecule has 0 atom stereocenters. The summed E-state index contributed by atoms with van der Waals surface area (Å²) in [6.07, 6.45) is 0. The molecule has 0 spiro atoms. The molecule has 5 heteroatoms. The zero-order chi connectivity index (χ0) is 16.6. The summed E-state index contributed by atoms with van der Waals surface area (Å²) in [6, 6.07) is 13.6. The lowest BCUT2D eigenvalue weighted by Gasteiger charge is -2.10. The third-order valence-corrected chi connectivity index (χ3v) is 3.98. The van der Waals surface area contributed by atoms with Crippen LogP contribution in [-0.2, 0) is 6.54 Å². The molecule has 0 unspecified atom stereocenters. The van der Waals surface area contributed by atoms with Crippen LogP contribution >= 0.6 is 11.6 Å². The highest BCUT2D eigenvalue weighted by Crippen LogP contribution is 2.34. The number of halogens is 1. The first-order chi connectivity index (χ1) is 11.0. The fourth-order valence-corrected chi connectivity index (χ4v) is 2.96. The molecule has 0 aliphatic carbocycles. The largest absolute Gasteiger partial charge is 0.364 e. The Kier molecular flexibility index (Phi) is 4.11. The van der Waals surface area contributed by atoms with Crippen LogP contribution in [0, 0.1) is 0 Å². The maximum Gasteiger partial charge on any atom is 0.265 e. The van der Waals surface area contributed by atoms with Crippen LogP contribution in [0.15, 0.2) is 42.5 Å². The molecule has 2 aromatic carbocycles. The fraction of sp³-hybridized carbons (Fsp3) is 0.167. The Morgan fingerprint density at radius 2 is 1.87 bits per heavy atom. The molecule has 23 heavy (non-hydrogen) atoms. The first-order valence-electron chi connectivity index (χ1n) is 7.31. The predicted molar refractivity (Wildman–Crippen MR) is 94.7 cm³/mol. The number of hydrogen-bond acceptors (Lipinski definition) is 2. The summed E-state index contributed by atoms with van der Waals surface area (Å²) in [4.78, 5) is 17.0. The molecule has 1 heterocycles. The number of carbonyl (C=O) groups excluding carboxylic acids is 1. The average molecular weight is 328 g/mol. The molecule has 118 valence electrons. The van der Waals surface area contributed by atoms with Gasteiger partial charge < -0.3 is 15.6 Å². The molecule has 0 bridgehead atoms. The van der Waals surface area contributed by atoms with Crippen LogP contribution in [0.2, 0.25) is 5.02 Å². The first-order valence-corrected chi connectivity index (χ1v) is 7.68. The zero-order valence-corrected chi connectivity index (χ0v) is 13.8. The molecule has 3 aromatic rings. The summed E-state index contributed by atoms with van der Waals surface area (Å²) < 4.78 is 0. The molecule has 0 aliphatic heterocycles. The molecule has 1 amide bonds.